The number of halogens is 1. The second kappa shape index (κ2) is 6.05. The van der Waals surface area contributed by atoms with E-state index in [2.05, 4.69) is 5.32 Å². The second-order valence-corrected chi connectivity index (χ2v) is 6.14. The molecule has 0 saturated heterocycles. The summed E-state index contributed by atoms with van der Waals surface area (Å²) in [7, 11) is 0. The molecule has 2 aromatic carbocycles. The molecule has 1 heterocycles. The summed E-state index contributed by atoms with van der Waals surface area (Å²) in [5.41, 5.74) is 3.99. The van der Waals surface area contributed by atoms with Crippen molar-refractivity contribution in [3.63, 3.8) is 0 Å². The van der Waals surface area contributed by atoms with Crippen molar-refractivity contribution in [3.8, 4) is 0 Å². The number of hydrogen-bond donors (Lipinski definition) is 1. The number of hydrogen-bond acceptors (Lipinski definition) is 3. The fourth-order valence-corrected chi connectivity index (χ4v) is 2.87. The number of rotatable bonds is 2. The van der Waals surface area contributed by atoms with Gasteiger partial charge in [-0.25, -0.2) is 4.79 Å². The predicted molar refractivity (Wildman–Crippen MR) is 88.9 cm³/mol. The van der Waals surface area contributed by atoms with Crippen molar-refractivity contribution < 1.29 is 14.3 Å². The van der Waals surface area contributed by atoms with Crippen molar-refractivity contribution in [2.24, 2.45) is 0 Å². The first kappa shape index (κ1) is 15.6. The number of fused-ring (bicyclic) bond motifs is 1. The first-order valence-electron chi connectivity index (χ1n) is 7.31. The Hall–Kier alpha value is -2.33. The van der Waals surface area contributed by atoms with Gasteiger partial charge in [0.25, 0.3) is 5.91 Å². The van der Waals surface area contributed by atoms with Crippen LogP contribution in [0.4, 0.5) is 5.69 Å². The topological polar surface area (TPSA) is 55.4 Å². The highest BCUT2D eigenvalue weighted by Crippen LogP contribution is 2.25. The number of carbonyl (C=O) groups excluding carboxylic acids is 2. The summed E-state index contributed by atoms with van der Waals surface area (Å²) in [6.45, 7) is 3.91. The Morgan fingerprint density at radius 2 is 2.00 bits per heavy atom. The molecule has 1 unspecified atom stereocenters. The third-order valence-corrected chi connectivity index (χ3v) is 4.11. The second-order valence-electron chi connectivity index (χ2n) is 5.71. The Morgan fingerprint density at radius 3 is 2.74 bits per heavy atom. The lowest BCUT2D eigenvalue weighted by Gasteiger charge is -2.24. The Kier molecular flexibility index (Phi) is 4.09. The maximum atomic E-state index is 12.4. The van der Waals surface area contributed by atoms with E-state index >= 15 is 0 Å². The van der Waals surface area contributed by atoms with Crippen LogP contribution < -0.4 is 5.32 Å². The van der Waals surface area contributed by atoms with Crippen LogP contribution in [0.5, 0.6) is 0 Å². The summed E-state index contributed by atoms with van der Waals surface area (Å²) >= 11 is 5.96. The summed E-state index contributed by atoms with van der Waals surface area (Å²) in [6.07, 6.45) is -0.535. The predicted octanol–water partition coefficient (Wildman–Crippen LogP) is 3.68. The van der Waals surface area contributed by atoms with Gasteiger partial charge in [0.05, 0.1) is 5.56 Å². The lowest BCUT2D eigenvalue weighted by molar-refractivity contribution is -0.125. The molecule has 0 fully saturated rings. The highest BCUT2D eigenvalue weighted by molar-refractivity contribution is 6.30. The van der Waals surface area contributed by atoms with E-state index in [0.29, 0.717) is 22.7 Å². The molecular formula is C18H16ClNO3. The standard InChI is InChI=1S/C18H16ClNO3/c1-10-3-6-15(11(2)7-10)20-17(21)16-9-12-8-13(19)4-5-14(12)18(22)23-16/h3-8,16H,9H2,1-2H3,(H,20,21). The zero-order valence-corrected chi connectivity index (χ0v) is 13.6. The lowest BCUT2D eigenvalue weighted by atomic mass is 9.98. The monoisotopic (exact) mass is 329 g/mol. The molecule has 0 aromatic heterocycles. The Balaban J connectivity index is 1.80. The first-order valence-corrected chi connectivity index (χ1v) is 7.69. The van der Waals surface area contributed by atoms with Crippen LogP contribution in [0.25, 0.3) is 0 Å². The highest BCUT2D eigenvalue weighted by atomic mass is 35.5. The molecule has 23 heavy (non-hydrogen) atoms. The number of benzene rings is 2. The molecule has 118 valence electrons. The molecule has 3 rings (SSSR count). The lowest BCUT2D eigenvalue weighted by Crippen LogP contribution is -2.38. The van der Waals surface area contributed by atoms with Gasteiger partial charge in [0, 0.05) is 17.1 Å². The van der Waals surface area contributed by atoms with Gasteiger partial charge in [0.2, 0.25) is 0 Å². The molecule has 5 heteroatoms. The molecule has 1 N–H and O–H groups in total. The van der Waals surface area contributed by atoms with Crippen molar-refractivity contribution in [3.05, 3.63) is 63.7 Å². The van der Waals surface area contributed by atoms with Crippen LogP contribution in [0.2, 0.25) is 5.02 Å². The van der Waals surface area contributed by atoms with E-state index in [9.17, 15) is 9.59 Å². The Labute approximate surface area is 139 Å². The zero-order valence-electron chi connectivity index (χ0n) is 12.9. The molecule has 1 aliphatic heterocycles. The van der Waals surface area contributed by atoms with E-state index in [4.69, 9.17) is 16.3 Å². The molecule has 0 saturated carbocycles. The van der Waals surface area contributed by atoms with Crippen LogP contribution in [0.1, 0.15) is 27.0 Å². The summed E-state index contributed by atoms with van der Waals surface area (Å²) in [5, 5.41) is 3.36. The number of amides is 1. The van der Waals surface area contributed by atoms with Crippen molar-refractivity contribution in [1.82, 2.24) is 0 Å². The molecule has 0 spiro atoms. The Bertz CT molecular complexity index is 801. The number of aryl methyl sites for hydroxylation is 2. The minimum absolute atomic E-state index is 0.318. The van der Waals surface area contributed by atoms with E-state index in [1.807, 2.05) is 32.0 Å². The van der Waals surface area contributed by atoms with Crippen molar-refractivity contribution in [1.29, 1.82) is 0 Å². The van der Waals surface area contributed by atoms with Crippen LogP contribution in [-0.4, -0.2) is 18.0 Å². The largest absolute Gasteiger partial charge is 0.448 e. The number of ether oxygens (including phenoxy) is 1. The van der Waals surface area contributed by atoms with Crippen molar-refractivity contribution in [2.45, 2.75) is 26.4 Å². The molecule has 1 amide bonds. The SMILES string of the molecule is Cc1ccc(NC(=O)C2Cc3cc(Cl)ccc3C(=O)O2)c(C)c1. The molecule has 0 radical (unpaired) electrons. The van der Waals surface area contributed by atoms with Gasteiger partial charge in [-0.1, -0.05) is 29.3 Å². The molecule has 4 nitrogen and oxygen atoms in total. The summed E-state index contributed by atoms with van der Waals surface area (Å²) in [4.78, 5) is 24.5. The number of esters is 1. The van der Waals surface area contributed by atoms with Crippen molar-refractivity contribution in [2.75, 3.05) is 5.32 Å². The molecule has 2 aromatic rings. The summed E-state index contributed by atoms with van der Waals surface area (Å²) < 4.78 is 5.26. The maximum absolute atomic E-state index is 12.4. The summed E-state index contributed by atoms with van der Waals surface area (Å²) in [5.74, 6) is -0.834. The highest BCUT2D eigenvalue weighted by Gasteiger charge is 2.31. The van der Waals surface area contributed by atoms with Crippen LogP contribution in [0.3, 0.4) is 0 Å². The number of cyclic esters (lactones) is 1. The fourth-order valence-electron chi connectivity index (χ4n) is 2.68. The molecule has 1 aliphatic rings. The van der Waals surface area contributed by atoms with Gasteiger partial charge >= 0.3 is 5.97 Å². The minimum Gasteiger partial charge on any atom is -0.448 e. The fraction of sp³-hybridized carbons (Fsp3) is 0.222. The van der Waals surface area contributed by atoms with E-state index in [1.54, 1.807) is 18.2 Å². The van der Waals surface area contributed by atoms with Crippen molar-refractivity contribution >= 4 is 29.2 Å². The smallest absolute Gasteiger partial charge is 0.339 e. The van der Waals surface area contributed by atoms with Gasteiger partial charge in [-0.3, -0.25) is 4.79 Å². The normalized spacial score (nSPS) is 16.5. The quantitative estimate of drug-likeness (QED) is 0.855. The number of carbonyl (C=O) groups is 2. The molecule has 0 aliphatic carbocycles. The van der Waals surface area contributed by atoms with Gasteiger partial charge in [-0.15, -0.1) is 0 Å². The van der Waals surface area contributed by atoms with Gasteiger partial charge < -0.3 is 10.1 Å². The average Bonchev–Trinajstić information content (AvgIpc) is 2.49. The van der Waals surface area contributed by atoms with Crippen LogP contribution in [-0.2, 0) is 16.0 Å². The summed E-state index contributed by atoms with van der Waals surface area (Å²) in [6, 6.07) is 10.7. The van der Waals surface area contributed by atoms with Crippen LogP contribution in [0, 0.1) is 13.8 Å². The van der Waals surface area contributed by atoms with E-state index in [1.165, 1.54) is 0 Å². The van der Waals surface area contributed by atoms with Crippen LogP contribution in [0.15, 0.2) is 36.4 Å². The van der Waals surface area contributed by atoms with E-state index < -0.39 is 12.1 Å². The third kappa shape index (κ3) is 3.22. The number of anilines is 1. The molecule has 1 atom stereocenters. The van der Waals surface area contributed by atoms with Gasteiger partial charge in [0.15, 0.2) is 6.10 Å². The third-order valence-electron chi connectivity index (χ3n) is 3.87. The minimum atomic E-state index is -0.853. The van der Waals surface area contributed by atoms with Gasteiger partial charge in [0.1, 0.15) is 0 Å². The average molecular weight is 330 g/mol. The van der Waals surface area contributed by atoms with E-state index in [-0.39, 0.29) is 5.91 Å². The molecule has 0 bridgehead atoms. The Morgan fingerprint density at radius 1 is 1.22 bits per heavy atom. The van der Waals surface area contributed by atoms with Gasteiger partial charge in [-0.2, -0.15) is 0 Å². The zero-order chi connectivity index (χ0) is 16.6. The van der Waals surface area contributed by atoms with Crippen LogP contribution >= 0.6 is 11.6 Å². The maximum Gasteiger partial charge on any atom is 0.339 e. The molecular weight excluding hydrogens is 314 g/mol. The van der Waals surface area contributed by atoms with E-state index in [0.717, 1.165) is 16.7 Å². The first-order chi connectivity index (χ1) is 10.9. The van der Waals surface area contributed by atoms with Gasteiger partial charge in [-0.05, 0) is 49.2 Å². The number of nitrogens with one attached hydrogen (secondary N) is 1.